The number of nitrogens with zero attached hydrogens (tertiary/aromatic N) is 6. The molecule has 394 valence electrons. The highest BCUT2D eigenvalue weighted by atomic mass is 19.4. The van der Waals surface area contributed by atoms with Gasteiger partial charge in [0, 0.05) is 38.2 Å². The molecule has 0 radical (unpaired) electrons. The van der Waals surface area contributed by atoms with Crippen LogP contribution < -0.4 is 0 Å². The number of halogens is 12. The molecular formula is C62H32F12N6. The van der Waals surface area contributed by atoms with Gasteiger partial charge in [-0.15, -0.1) is 0 Å². The zero-order chi connectivity index (χ0) is 56.0. The molecule has 0 aliphatic carbocycles. The van der Waals surface area contributed by atoms with Crippen LogP contribution in [0.25, 0.3) is 116 Å². The molecule has 0 aliphatic heterocycles. The van der Waals surface area contributed by atoms with Gasteiger partial charge in [0.05, 0.1) is 62.3 Å². The van der Waals surface area contributed by atoms with Crippen molar-refractivity contribution in [2.24, 2.45) is 0 Å². The lowest BCUT2D eigenvalue weighted by molar-refractivity contribution is -0.144. The lowest BCUT2D eigenvalue weighted by Gasteiger charge is -2.20. The Bertz CT molecular complexity index is 4430. The molecule has 3 aromatic heterocycles. The number of para-hydroxylation sites is 2. The summed E-state index contributed by atoms with van der Waals surface area (Å²) in [6, 6.07) is 46.8. The predicted octanol–water partition coefficient (Wildman–Crippen LogP) is 19.0. The van der Waals surface area contributed by atoms with Gasteiger partial charge in [-0.05, 0) is 95.1 Å². The van der Waals surface area contributed by atoms with Crippen LogP contribution >= 0.6 is 0 Å². The lowest BCUT2D eigenvalue weighted by Crippen LogP contribution is -2.12. The highest BCUT2D eigenvalue weighted by molar-refractivity contribution is 6.13. The third kappa shape index (κ3) is 8.90. The van der Waals surface area contributed by atoms with Gasteiger partial charge in [0.25, 0.3) is 0 Å². The van der Waals surface area contributed by atoms with Crippen LogP contribution in [0.3, 0.4) is 0 Å². The number of alkyl halides is 12. The van der Waals surface area contributed by atoms with E-state index in [4.69, 9.17) is 21.5 Å². The predicted molar refractivity (Wildman–Crippen MR) is 282 cm³/mol. The molecule has 0 bridgehead atoms. The molecular weight excluding hydrogens is 1060 g/mol. The van der Waals surface area contributed by atoms with Crippen LogP contribution in [-0.4, -0.2) is 24.1 Å². The van der Waals surface area contributed by atoms with Gasteiger partial charge in [0.1, 0.15) is 0 Å². The fourth-order valence-corrected chi connectivity index (χ4v) is 10.3. The van der Waals surface area contributed by atoms with E-state index in [9.17, 15) is 52.7 Å². The molecule has 0 atom stereocenters. The van der Waals surface area contributed by atoms with Crippen LogP contribution in [0.4, 0.5) is 58.4 Å². The first-order chi connectivity index (χ1) is 38.2. The van der Waals surface area contributed by atoms with Gasteiger partial charge in [-0.25, -0.2) is 19.8 Å². The molecule has 0 fully saturated rings. The Hall–Kier alpha value is -9.76. The quantitative estimate of drug-likeness (QED) is 0.118. The Labute approximate surface area is 444 Å². The summed E-state index contributed by atoms with van der Waals surface area (Å²) >= 11 is 0. The van der Waals surface area contributed by atoms with Crippen molar-refractivity contribution >= 4 is 49.3 Å². The highest BCUT2D eigenvalue weighted by Crippen LogP contribution is 2.48. The molecule has 0 unspecified atom stereocenters. The maximum absolute atomic E-state index is 14.7. The first-order valence-corrected chi connectivity index (χ1v) is 24.2. The largest absolute Gasteiger partial charge is 0.417 e. The monoisotopic (exact) mass is 1090 g/mol. The van der Waals surface area contributed by atoms with E-state index in [2.05, 4.69) is 4.85 Å². The maximum atomic E-state index is 14.7. The number of fused-ring (bicyclic) bond motifs is 6. The van der Waals surface area contributed by atoms with Crippen molar-refractivity contribution in [2.75, 3.05) is 0 Å². The van der Waals surface area contributed by atoms with Gasteiger partial charge in [-0.2, -0.15) is 52.7 Å². The van der Waals surface area contributed by atoms with Gasteiger partial charge >= 0.3 is 24.7 Å². The third-order valence-corrected chi connectivity index (χ3v) is 13.9. The molecule has 12 rings (SSSR count). The highest BCUT2D eigenvalue weighted by Gasteiger charge is 2.40. The van der Waals surface area contributed by atoms with Crippen molar-refractivity contribution in [1.82, 2.24) is 24.1 Å². The third-order valence-electron chi connectivity index (χ3n) is 13.9. The van der Waals surface area contributed by atoms with E-state index >= 15 is 0 Å². The molecule has 0 saturated carbocycles. The van der Waals surface area contributed by atoms with Gasteiger partial charge in [-0.1, -0.05) is 121 Å². The van der Waals surface area contributed by atoms with Crippen molar-refractivity contribution in [3.05, 3.63) is 228 Å². The van der Waals surface area contributed by atoms with E-state index in [1.54, 1.807) is 95.6 Å². The van der Waals surface area contributed by atoms with Crippen molar-refractivity contribution in [3.8, 4) is 67.8 Å². The van der Waals surface area contributed by atoms with E-state index < -0.39 is 58.1 Å². The Morgan fingerprint density at radius 3 is 1.12 bits per heavy atom. The fraction of sp³-hybridized carbons (Fsp3) is 0.0645. The standard InChI is InChI=1S/C62H32F12N6/c1-75-49-33-55(80-51-19-11-9-17-43(51)45-29-37(21-27-53(45)80)41-25-23-39(60(66,67)68)31-48(41)62(72,73)74)54(32-46(49)58-77-56(34-12-4-2-5-13-34)76-57(78-58)35-14-6-3-7-15-35)79-50-18-10-8-16-42(50)44-28-36(20-26-52(44)79)40-24-22-38(59(63,64)65)30-47(40)61(69,70)71/h2-33H. The number of hydrogen-bond acceptors (Lipinski definition) is 3. The summed E-state index contributed by atoms with van der Waals surface area (Å²) < 4.78 is 175. The van der Waals surface area contributed by atoms with E-state index in [0.717, 1.165) is 12.1 Å². The zero-order valence-electron chi connectivity index (χ0n) is 40.7. The van der Waals surface area contributed by atoms with E-state index in [-0.39, 0.29) is 52.0 Å². The minimum atomic E-state index is -5.19. The van der Waals surface area contributed by atoms with Crippen LogP contribution in [0.5, 0.6) is 0 Å². The smallest absolute Gasteiger partial charge is 0.308 e. The summed E-state index contributed by atoms with van der Waals surface area (Å²) in [7, 11) is 0. The van der Waals surface area contributed by atoms with E-state index in [1.807, 2.05) is 41.0 Å². The molecule has 0 amide bonds. The number of aromatic nitrogens is 5. The summed E-state index contributed by atoms with van der Waals surface area (Å²) in [5.41, 5.74) is -3.17. The molecule has 0 saturated heterocycles. The second-order valence-corrected chi connectivity index (χ2v) is 18.7. The first-order valence-electron chi connectivity index (χ1n) is 24.2. The van der Waals surface area contributed by atoms with E-state index in [0.29, 0.717) is 78.2 Å². The Balaban J connectivity index is 1.16. The normalized spacial score (nSPS) is 12.5. The van der Waals surface area contributed by atoms with Gasteiger partial charge in [0.2, 0.25) is 0 Å². The summed E-state index contributed by atoms with van der Waals surface area (Å²) in [5, 5.41) is 1.78. The number of benzene rings is 9. The Kier molecular flexibility index (Phi) is 11.9. The van der Waals surface area contributed by atoms with Gasteiger partial charge in [0.15, 0.2) is 23.2 Å². The molecule has 0 N–H and O–H groups in total. The van der Waals surface area contributed by atoms with Crippen LogP contribution in [0, 0.1) is 6.57 Å². The minimum Gasteiger partial charge on any atom is -0.308 e. The van der Waals surface area contributed by atoms with Crippen LogP contribution in [-0.2, 0) is 24.7 Å². The lowest BCUT2D eigenvalue weighted by atomic mass is 9.95. The van der Waals surface area contributed by atoms with Crippen molar-refractivity contribution in [1.29, 1.82) is 0 Å². The molecule has 18 heteroatoms. The van der Waals surface area contributed by atoms with E-state index in [1.165, 1.54) is 30.3 Å². The maximum Gasteiger partial charge on any atom is 0.417 e. The summed E-state index contributed by atoms with van der Waals surface area (Å²) in [6.07, 6.45) is -20.5. The topological polar surface area (TPSA) is 52.9 Å². The molecule has 0 aliphatic rings. The van der Waals surface area contributed by atoms with Crippen molar-refractivity contribution in [2.45, 2.75) is 24.7 Å². The number of hydrogen-bond donors (Lipinski definition) is 0. The summed E-state index contributed by atoms with van der Waals surface area (Å²) in [4.78, 5) is 18.7. The molecule has 6 nitrogen and oxygen atoms in total. The fourth-order valence-electron chi connectivity index (χ4n) is 10.3. The Morgan fingerprint density at radius 2 is 0.713 bits per heavy atom. The SMILES string of the molecule is [C-]#[N+]c1cc(-n2c3ccccc3c3cc(-c4ccc(C(F)(F)F)cc4C(F)(F)F)ccc32)c(-n2c3ccccc3c3cc(-c4ccc(C(F)(F)F)cc4C(F)(F)F)ccc32)cc1-c1nc(-c2ccccc2)nc(-c2ccccc2)n1. The second-order valence-electron chi connectivity index (χ2n) is 18.7. The molecule has 9 aromatic carbocycles. The first kappa shape index (κ1) is 51.0. The van der Waals surface area contributed by atoms with Crippen LogP contribution in [0.2, 0.25) is 0 Å². The Morgan fingerprint density at radius 1 is 0.325 bits per heavy atom. The zero-order valence-corrected chi connectivity index (χ0v) is 40.7. The number of rotatable bonds is 7. The average Bonchev–Trinajstić information content (AvgIpc) is 3.41. The van der Waals surface area contributed by atoms with Crippen molar-refractivity contribution in [3.63, 3.8) is 0 Å². The molecule has 0 spiro atoms. The molecule has 3 heterocycles. The summed E-state index contributed by atoms with van der Waals surface area (Å²) in [5.74, 6) is 0.606. The molecule has 80 heavy (non-hydrogen) atoms. The average molecular weight is 1090 g/mol. The summed E-state index contributed by atoms with van der Waals surface area (Å²) in [6.45, 7) is 8.72. The van der Waals surface area contributed by atoms with Crippen molar-refractivity contribution < 1.29 is 52.7 Å². The van der Waals surface area contributed by atoms with Crippen LogP contribution in [0.15, 0.2) is 194 Å². The van der Waals surface area contributed by atoms with Gasteiger partial charge in [-0.3, -0.25) is 0 Å². The second kappa shape index (κ2) is 18.7. The van der Waals surface area contributed by atoms with Crippen LogP contribution in [0.1, 0.15) is 22.3 Å². The molecule has 12 aromatic rings. The minimum absolute atomic E-state index is 0.0279. The van der Waals surface area contributed by atoms with Gasteiger partial charge < -0.3 is 9.13 Å².